The van der Waals surface area contributed by atoms with Crippen LogP contribution >= 0.6 is 15.9 Å². The van der Waals surface area contributed by atoms with E-state index in [-0.39, 0.29) is 5.75 Å². The lowest BCUT2D eigenvalue weighted by Gasteiger charge is -2.00. The summed E-state index contributed by atoms with van der Waals surface area (Å²) in [6.45, 7) is 0. The summed E-state index contributed by atoms with van der Waals surface area (Å²) in [6.07, 6.45) is 0. The van der Waals surface area contributed by atoms with Crippen molar-refractivity contribution in [2.75, 3.05) is 7.11 Å². The molecule has 0 amide bonds. The molecule has 0 spiro atoms. The first kappa shape index (κ1) is 10.6. The number of hydrogen-bond acceptors (Lipinski definition) is 4. The molecule has 0 saturated carbocycles. The van der Waals surface area contributed by atoms with Gasteiger partial charge in [0.1, 0.15) is 10.4 Å². The fourth-order valence-electron chi connectivity index (χ4n) is 0.771. The highest BCUT2D eigenvalue weighted by Gasteiger charge is 2.10. The van der Waals surface area contributed by atoms with Gasteiger partial charge in [0.2, 0.25) is 0 Å². The SMILES string of the molecule is COS(=O)(=O)Cc1cccc(Br)n1. The highest BCUT2D eigenvalue weighted by Crippen LogP contribution is 2.09. The lowest BCUT2D eigenvalue weighted by Crippen LogP contribution is -2.06. The number of rotatable bonds is 3. The Hall–Kier alpha value is -0.460. The molecule has 1 aromatic heterocycles. The zero-order valence-corrected chi connectivity index (χ0v) is 9.30. The summed E-state index contributed by atoms with van der Waals surface area (Å²) in [4.78, 5) is 3.96. The molecule has 1 aromatic rings. The van der Waals surface area contributed by atoms with E-state index in [0.29, 0.717) is 10.3 Å². The Bertz CT molecular complexity index is 390. The maximum Gasteiger partial charge on any atom is 0.272 e. The van der Waals surface area contributed by atoms with Crippen molar-refractivity contribution < 1.29 is 12.6 Å². The largest absolute Gasteiger partial charge is 0.273 e. The van der Waals surface area contributed by atoms with Crippen LogP contribution in [0.25, 0.3) is 0 Å². The Morgan fingerprint density at radius 2 is 2.23 bits per heavy atom. The van der Waals surface area contributed by atoms with Crippen molar-refractivity contribution in [3.63, 3.8) is 0 Å². The minimum Gasteiger partial charge on any atom is -0.273 e. The standard InChI is InChI=1S/C7H8BrNO3S/c1-12-13(10,11)5-6-3-2-4-7(8)9-6/h2-4H,5H2,1H3. The molecule has 0 fully saturated rings. The number of pyridine rings is 1. The average molecular weight is 266 g/mol. The number of aromatic nitrogens is 1. The molecule has 0 aromatic carbocycles. The van der Waals surface area contributed by atoms with Gasteiger partial charge in [-0.1, -0.05) is 6.07 Å². The molecule has 0 saturated heterocycles. The average Bonchev–Trinajstić information content (AvgIpc) is 2.03. The van der Waals surface area contributed by atoms with E-state index >= 15 is 0 Å². The molecule has 0 aliphatic carbocycles. The van der Waals surface area contributed by atoms with Gasteiger partial charge in [0.05, 0.1) is 12.8 Å². The molecule has 0 bridgehead atoms. The molecule has 0 atom stereocenters. The normalized spacial score (nSPS) is 11.5. The van der Waals surface area contributed by atoms with Crippen LogP contribution in [0.1, 0.15) is 5.69 Å². The molecule has 0 unspecified atom stereocenters. The van der Waals surface area contributed by atoms with Crippen molar-refractivity contribution >= 4 is 26.0 Å². The lowest BCUT2D eigenvalue weighted by atomic mass is 10.4. The van der Waals surface area contributed by atoms with Crippen LogP contribution in [0.5, 0.6) is 0 Å². The number of halogens is 1. The molecule has 1 rings (SSSR count). The summed E-state index contributed by atoms with van der Waals surface area (Å²) in [5.41, 5.74) is 0.455. The van der Waals surface area contributed by atoms with E-state index in [0.717, 1.165) is 7.11 Å². The quantitative estimate of drug-likeness (QED) is 0.611. The molecule has 0 aliphatic rings. The van der Waals surface area contributed by atoms with Gasteiger partial charge < -0.3 is 0 Å². The van der Waals surface area contributed by atoms with Crippen molar-refractivity contribution in [3.8, 4) is 0 Å². The Kier molecular flexibility index (Phi) is 3.40. The van der Waals surface area contributed by atoms with Crippen LogP contribution < -0.4 is 0 Å². The third kappa shape index (κ3) is 3.41. The predicted octanol–water partition coefficient (Wildman–Crippen LogP) is 1.32. The van der Waals surface area contributed by atoms with Gasteiger partial charge in [-0.2, -0.15) is 8.42 Å². The van der Waals surface area contributed by atoms with Gasteiger partial charge in [-0.15, -0.1) is 0 Å². The van der Waals surface area contributed by atoms with Crippen molar-refractivity contribution in [3.05, 3.63) is 28.5 Å². The van der Waals surface area contributed by atoms with Crippen LogP contribution in [0.15, 0.2) is 22.8 Å². The Morgan fingerprint density at radius 1 is 1.54 bits per heavy atom. The van der Waals surface area contributed by atoms with Crippen molar-refractivity contribution in [2.24, 2.45) is 0 Å². The van der Waals surface area contributed by atoms with Crippen LogP contribution in [0, 0.1) is 0 Å². The molecule has 72 valence electrons. The van der Waals surface area contributed by atoms with Gasteiger partial charge in [-0.3, -0.25) is 4.18 Å². The number of nitrogens with zero attached hydrogens (tertiary/aromatic N) is 1. The van der Waals surface area contributed by atoms with E-state index in [2.05, 4.69) is 25.1 Å². The minimum atomic E-state index is -3.47. The maximum absolute atomic E-state index is 11.0. The fourth-order valence-corrected chi connectivity index (χ4v) is 1.79. The van der Waals surface area contributed by atoms with Crippen molar-refractivity contribution in [1.29, 1.82) is 0 Å². The summed E-state index contributed by atoms with van der Waals surface area (Å²) in [7, 11) is -2.34. The second-order valence-electron chi connectivity index (χ2n) is 2.32. The molecule has 0 N–H and O–H groups in total. The van der Waals surface area contributed by atoms with Gasteiger partial charge >= 0.3 is 0 Å². The highest BCUT2D eigenvalue weighted by atomic mass is 79.9. The molecule has 4 nitrogen and oxygen atoms in total. The van der Waals surface area contributed by atoms with Crippen LogP contribution in [0.3, 0.4) is 0 Å². The fraction of sp³-hybridized carbons (Fsp3) is 0.286. The summed E-state index contributed by atoms with van der Waals surface area (Å²) in [5.74, 6) is -0.205. The van der Waals surface area contributed by atoms with Gasteiger partial charge in [0, 0.05) is 0 Å². The lowest BCUT2D eigenvalue weighted by molar-refractivity contribution is 0.396. The molecule has 13 heavy (non-hydrogen) atoms. The van der Waals surface area contributed by atoms with Crippen LogP contribution in [0.4, 0.5) is 0 Å². The monoisotopic (exact) mass is 265 g/mol. The van der Waals surface area contributed by atoms with Crippen LogP contribution in [-0.2, 0) is 20.1 Å². The van der Waals surface area contributed by atoms with Gasteiger partial charge in [0.15, 0.2) is 0 Å². The van der Waals surface area contributed by atoms with Gasteiger partial charge in [0.25, 0.3) is 10.1 Å². The van der Waals surface area contributed by atoms with E-state index < -0.39 is 10.1 Å². The number of hydrogen-bond donors (Lipinski definition) is 0. The maximum atomic E-state index is 11.0. The van der Waals surface area contributed by atoms with E-state index in [4.69, 9.17) is 0 Å². The summed E-state index contributed by atoms with van der Waals surface area (Å²) in [5, 5.41) is 0. The van der Waals surface area contributed by atoms with Crippen molar-refractivity contribution in [2.45, 2.75) is 5.75 Å². The van der Waals surface area contributed by atoms with E-state index in [1.807, 2.05) is 0 Å². The zero-order chi connectivity index (χ0) is 9.90. The van der Waals surface area contributed by atoms with Crippen LogP contribution in [0.2, 0.25) is 0 Å². The highest BCUT2D eigenvalue weighted by molar-refractivity contribution is 9.10. The summed E-state index contributed by atoms with van der Waals surface area (Å²) >= 11 is 3.14. The van der Waals surface area contributed by atoms with E-state index in [1.54, 1.807) is 18.2 Å². The summed E-state index contributed by atoms with van der Waals surface area (Å²) in [6, 6.07) is 5.07. The molecular formula is C7H8BrNO3S. The third-order valence-corrected chi connectivity index (χ3v) is 2.95. The topological polar surface area (TPSA) is 56.3 Å². The molecule has 0 radical (unpaired) electrons. The zero-order valence-electron chi connectivity index (χ0n) is 6.90. The smallest absolute Gasteiger partial charge is 0.272 e. The first-order chi connectivity index (χ1) is 6.03. The second-order valence-corrected chi connectivity index (χ2v) is 4.87. The van der Waals surface area contributed by atoms with Crippen molar-refractivity contribution in [1.82, 2.24) is 4.98 Å². The molecular weight excluding hydrogens is 258 g/mol. The molecule has 0 aliphatic heterocycles. The van der Waals surface area contributed by atoms with Crippen LogP contribution in [-0.4, -0.2) is 20.5 Å². The third-order valence-electron chi connectivity index (χ3n) is 1.35. The van der Waals surface area contributed by atoms with E-state index in [1.165, 1.54) is 0 Å². The van der Waals surface area contributed by atoms with E-state index in [9.17, 15) is 8.42 Å². The first-order valence-corrected chi connectivity index (χ1v) is 5.80. The minimum absolute atomic E-state index is 0.205. The van der Waals surface area contributed by atoms with Gasteiger partial charge in [-0.05, 0) is 28.1 Å². The predicted molar refractivity (Wildman–Crippen MR) is 51.6 cm³/mol. The Labute approximate surface area is 85.2 Å². The van der Waals surface area contributed by atoms with Gasteiger partial charge in [-0.25, -0.2) is 4.98 Å². The Balaban J connectivity index is 2.87. The Morgan fingerprint density at radius 3 is 2.77 bits per heavy atom. The molecule has 6 heteroatoms. The second kappa shape index (κ2) is 4.17. The molecule has 1 heterocycles. The first-order valence-electron chi connectivity index (χ1n) is 3.43. The summed E-state index contributed by atoms with van der Waals surface area (Å²) < 4.78 is 26.9.